The highest BCUT2D eigenvalue weighted by Gasteiger charge is 2.07. The molecule has 2 N–H and O–H groups in total. The van der Waals surface area contributed by atoms with Gasteiger partial charge in [-0.25, -0.2) is 0 Å². The Bertz CT molecular complexity index is 687. The van der Waals surface area contributed by atoms with Crippen LogP contribution in [0.5, 0.6) is 0 Å². The van der Waals surface area contributed by atoms with Gasteiger partial charge in [-0.15, -0.1) is 5.10 Å². The van der Waals surface area contributed by atoms with Gasteiger partial charge in [-0.3, -0.25) is 0 Å². The van der Waals surface area contributed by atoms with Crippen LogP contribution < -0.4 is 10.6 Å². The molecule has 3 rings (SSSR count). The van der Waals surface area contributed by atoms with E-state index in [9.17, 15) is 0 Å². The first-order valence-electron chi connectivity index (χ1n) is 6.08. The molecule has 2 aromatic carbocycles. The summed E-state index contributed by atoms with van der Waals surface area (Å²) < 4.78 is 5.48. The minimum absolute atomic E-state index is 0.404. The summed E-state index contributed by atoms with van der Waals surface area (Å²) in [6.07, 6.45) is 0. The van der Waals surface area contributed by atoms with E-state index in [-0.39, 0.29) is 0 Å². The highest BCUT2D eigenvalue weighted by molar-refractivity contribution is 5.94. The molecule has 0 saturated carbocycles. The molecule has 1 heterocycles. The Morgan fingerprint density at radius 2 is 1.89 bits per heavy atom. The summed E-state index contributed by atoms with van der Waals surface area (Å²) in [5.74, 6) is 0.560. The largest absolute Gasteiger partial charge is 0.406 e. The molecule has 0 bridgehead atoms. The van der Waals surface area contributed by atoms with Gasteiger partial charge in [0.15, 0.2) is 0 Å². The molecule has 0 saturated heterocycles. The SMILES string of the molecule is CNCc1nnc(Nc2cccc3ccccc23)o1. The lowest BCUT2D eigenvalue weighted by Gasteiger charge is -2.05. The van der Waals surface area contributed by atoms with Crippen molar-refractivity contribution in [1.29, 1.82) is 0 Å². The summed E-state index contributed by atoms with van der Waals surface area (Å²) in [4.78, 5) is 0. The lowest BCUT2D eigenvalue weighted by molar-refractivity contribution is 0.493. The lowest BCUT2D eigenvalue weighted by Crippen LogP contribution is -2.04. The third-order valence-electron chi connectivity index (χ3n) is 2.83. The number of rotatable bonds is 4. The monoisotopic (exact) mass is 254 g/mol. The second-order valence-corrected chi connectivity index (χ2v) is 4.18. The fourth-order valence-electron chi connectivity index (χ4n) is 1.98. The van der Waals surface area contributed by atoms with Gasteiger partial charge in [0, 0.05) is 5.39 Å². The Morgan fingerprint density at radius 3 is 2.79 bits per heavy atom. The van der Waals surface area contributed by atoms with E-state index in [4.69, 9.17) is 4.42 Å². The van der Waals surface area contributed by atoms with Gasteiger partial charge in [0.25, 0.3) is 0 Å². The van der Waals surface area contributed by atoms with Crippen LogP contribution in [0.25, 0.3) is 10.8 Å². The first-order valence-corrected chi connectivity index (χ1v) is 6.08. The normalized spacial score (nSPS) is 10.8. The molecular weight excluding hydrogens is 240 g/mol. The zero-order chi connectivity index (χ0) is 13.1. The highest BCUT2D eigenvalue weighted by Crippen LogP contribution is 2.25. The molecule has 0 aliphatic carbocycles. The lowest BCUT2D eigenvalue weighted by atomic mass is 10.1. The third kappa shape index (κ3) is 2.41. The van der Waals surface area contributed by atoms with Gasteiger partial charge in [-0.2, -0.15) is 0 Å². The van der Waals surface area contributed by atoms with Crippen molar-refractivity contribution < 1.29 is 4.42 Å². The van der Waals surface area contributed by atoms with Gasteiger partial charge in [0.1, 0.15) is 0 Å². The maximum Gasteiger partial charge on any atom is 0.320 e. The standard InChI is InChI=1S/C14H14N4O/c1-15-9-13-17-18-14(19-13)16-12-8-4-6-10-5-2-3-7-11(10)12/h2-8,15H,9H2,1H3,(H,16,18). The number of aromatic nitrogens is 2. The van der Waals surface area contributed by atoms with E-state index < -0.39 is 0 Å². The summed E-state index contributed by atoms with van der Waals surface area (Å²) in [5, 5.41) is 16.3. The van der Waals surface area contributed by atoms with E-state index in [1.54, 1.807) is 0 Å². The van der Waals surface area contributed by atoms with Gasteiger partial charge in [-0.05, 0) is 18.5 Å². The zero-order valence-electron chi connectivity index (χ0n) is 10.6. The van der Waals surface area contributed by atoms with Crippen LogP contribution in [-0.2, 0) is 6.54 Å². The van der Waals surface area contributed by atoms with Gasteiger partial charge < -0.3 is 15.1 Å². The number of benzene rings is 2. The van der Waals surface area contributed by atoms with Gasteiger partial charge in [0.2, 0.25) is 5.89 Å². The minimum Gasteiger partial charge on any atom is -0.406 e. The highest BCUT2D eigenvalue weighted by atomic mass is 16.4. The van der Waals surface area contributed by atoms with Crippen molar-refractivity contribution in [2.24, 2.45) is 0 Å². The van der Waals surface area contributed by atoms with Crippen molar-refractivity contribution in [2.75, 3.05) is 12.4 Å². The topological polar surface area (TPSA) is 63.0 Å². The molecule has 0 spiro atoms. The average Bonchev–Trinajstić information content (AvgIpc) is 2.87. The fraction of sp³-hybridized carbons (Fsp3) is 0.143. The van der Waals surface area contributed by atoms with Crippen molar-refractivity contribution in [1.82, 2.24) is 15.5 Å². The second kappa shape index (κ2) is 5.07. The molecule has 0 amide bonds. The molecule has 19 heavy (non-hydrogen) atoms. The molecule has 5 nitrogen and oxygen atoms in total. The van der Waals surface area contributed by atoms with Crippen molar-refractivity contribution in [3.63, 3.8) is 0 Å². The maximum absolute atomic E-state index is 5.48. The number of fused-ring (bicyclic) bond motifs is 1. The summed E-state index contributed by atoms with van der Waals surface area (Å²) in [7, 11) is 1.84. The Kier molecular flexibility index (Phi) is 3.12. The molecule has 0 fully saturated rings. The number of hydrogen-bond acceptors (Lipinski definition) is 5. The molecule has 0 atom stereocenters. The predicted octanol–water partition coefficient (Wildman–Crippen LogP) is 2.69. The Balaban J connectivity index is 1.92. The molecule has 1 aromatic heterocycles. The van der Waals surface area contributed by atoms with Crippen LogP contribution in [0.4, 0.5) is 11.7 Å². The van der Waals surface area contributed by atoms with Crippen LogP contribution in [0.1, 0.15) is 5.89 Å². The first-order chi connectivity index (χ1) is 9.36. The molecule has 96 valence electrons. The van der Waals surface area contributed by atoms with Crippen molar-refractivity contribution in [3.8, 4) is 0 Å². The molecular formula is C14H14N4O. The smallest absolute Gasteiger partial charge is 0.320 e. The quantitative estimate of drug-likeness (QED) is 0.749. The van der Waals surface area contributed by atoms with Gasteiger partial charge in [-0.1, -0.05) is 41.5 Å². The number of nitrogens with one attached hydrogen (secondary N) is 2. The van der Waals surface area contributed by atoms with E-state index in [0.717, 1.165) is 11.1 Å². The zero-order valence-corrected chi connectivity index (χ0v) is 10.6. The fourth-order valence-corrected chi connectivity index (χ4v) is 1.98. The maximum atomic E-state index is 5.48. The summed E-state index contributed by atoms with van der Waals surface area (Å²) >= 11 is 0. The van der Waals surface area contributed by atoms with Crippen molar-refractivity contribution in [2.45, 2.75) is 6.54 Å². The van der Waals surface area contributed by atoms with Crippen LogP contribution in [0, 0.1) is 0 Å². The van der Waals surface area contributed by atoms with Crippen LogP contribution in [0.15, 0.2) is 46.9 Å². The van der Waals surface area contributed by atoms with Crippen LogP contribution in [0.3, 0.4) is 0 Å². The van der Waals surface area contributed by atoms with E-state index >= 15 is 0 Å². The second-order valence-electron chi connectivity index (χ2n) is 4.18. The molecule has 3 aromatic rings. The van der Waals surface area contributed by atoms with E-state index in [2.05, 4.69) is 39.0 Å². The Morgan fingerprint density at radius 1 is 1.05 bits per heavy atom. The van der Waals surface area contributed by atoms with Crippen molar-refractivity contribution >= 4 is 22.5 Å². The summed E-state index contributed by atoms with van der Waals surface area (Å²) in [6.45, 7) is 0.560. The van der Waals surface area contributed by atoms with E-state index in [1.165, 1.54) is 5.39 Å². The molecule has 0 aliphatic rings. The number of anilines is 2. The number of hydrogen-bond donors (Lipinski definition) is 2. The van der Waals surface area contributed by atoms with E-state index in [1.807, 2.05) is 31.3 Å². The third-order valence-corrected chi connectivity index (χ3v) is 2.83. The summed E-state index contributed by atoms with van der Waals surface area (Å²) in [5.41, 5.74) is 0.956. The number of nitrogens with zero attached hydrogens (tertiary/aromatic N) is 2. The predicted molar refractivity (Wildman–Crippen MR) is 74.3 cm³/mol. The Labute approximate surface area is 110 Å². The molecule has 0 unspecified atom stereocenters. The van der Waals surface area contributed by atoms with Crippen LogP contribution in [0.2, 0.25) is 0 Å². The van der Waals surface area contributed by atoms with Crippen LogP contribution in [-0.4, -0.2) is 17.2 Å². The van der Waals surface area contributed by atoms with E-state index in [0.29, 0.717) is 18.5 Å². The Hall–Kier alpha value is -2.40. The average molecular weight is 254 g/mol. The van der Waals surface area contributed by atoms with Gasteiger partial charge in [0.05, 0.1) is 12.2 Å². The first kappa shape index (κ1) is 11.7. The molecule has 5 heteroatoms. The van der Waals surface area contributed by atoms with Gasteiger partial charge >= 0.3 is 6.01 Å². The summed E-state index contributed by atoms with van der Waals surface area (Å²) in [6, 6.07) is 14.6. The van der Waals surface area contributed by atoms with Crippen molar-refractivity contribution in [3.05, 3.63) is 48.4 Å². The molecule has 0 aliphatic heterocycles. The van der Waals surface area contributed by atoms with Crippen LogP contribution >= 0.6 is 0 Å². The minimum atomic E-state index is 0.404. The molecule has 0 radical (unpaired) electrons.